The highest BCUT2D eigenvalue weighted by Gasteiger charge is 2.13. The largest absolute Gasteiger partial charge is 0.361 e. The lowest BCUT2D eigenvalue weighted by molar-refractivity contribution is 0.0855. The number of nitrogens with zero attached hydrogens (tertiary/aromatic N) is 2. The van der Waals surface area contributed by atoms with Gasteiger partial charge in [-0.05, 0) is 28.4 Å². The fourth-order valence-electron chi connectivity index (χ4n) is 1.65. The molecule has 1 atom stereocenters. The second-order valence-electron chi connectivity index (χ2n) is 6.18. The van der Waals surface area contributed by atoms with Crippen molar-refractivity contribution in [1.82, 2.24) is 9.55 Å². The van der Waals surface area contributed by atoms with Crippen molar-refractivity contribution in [3.8, 4) is 0 Å². The molecule has 0 saturated carbocycles. The molecule has 0 aliphatic carbocycles. The normalized spacial score (nSPS) is 13.5. The van der Waals surface area contributed by atoms with E-state index in [0.717, 1.165) is 23.5 Å². The quantitative estimate of drug-likeness (QED) is 0.390. The second-order valence-corrected chi connectivity index (χ2v) is 12.5. The van der Waals surface area contributed by atoms with Crippen LogP contribution in [0.25, 0.3) is 0 Å². The summed E-state index contributed by atoms with van der Waals surface area (Å²) in [6.45, 7) is 14.4. The van der Waals surface area contributed by atoms with Crippen LogP contribution in [0.3, 0.4) is 0 Å². The van der Waals surface area contributed by atoms with Gasteiger partial charge in [0.05, 0.1) is 5.69 Å². The van der Waals surface area contributed by atoms with E-state index in [4.69, 9.17) is 4.74 Å². The van der Waals surface area contributed by atoms with Gasteiger partial charge in [0.15, 0.2) is 4.73 Å². The summed E-state index contributed by atoms with van der Waals surface area (Å²) in [6.07, 6.45) is 4.94. The number of hydrogen-bond acceptors (Lipinski definition) is 2. The van der Waals surface area contributed by atoms with Gasteiger partial charge in [0.2, 0.25) is 0 Å². The fourth-order valence-corrected chi connectivity index (χ4v) is 2.82. The summed E-state index contributed by atoms with van der Waals surface area (Å²) < 4.78 is 8.59. The van der Waals surface area contributed by atoms with Crippen LogP contribution in [0.4, 0.5) is 0 Å². The first-order chi connectivity index (χ1) is 8.83. The van der Waals surface area contributed by atoms with Crippen molar-refractivity contribution in [1.29, 1.82) is 0 Å². The number of imidazole rings is 1. The highest BCUT2D eigenvalue weighted by molar-refractivity contribution is 9.10. The molecule has 0 fully saturated rings. The number of aromatic nitrogens is 2. The van der Waals surface area contributed by atoms with E-state index >= 15 is 0 Å². The zero-order valence-electron chi connectivity index (χ0n) is 12.4. The first kappa shape index (κ1) is 16.7. The summed E-state index contributed by atoms with van der Waals surface area (Å²) in [4.78, 5) is 4.52. The summed E-state index contributed by atoms with van der Waals surface area (Å²) in [5, 5.41) is 0. The Morgan fingerprint density at radius 2 is 2.21 bits per heavy atom. The molecule has 0 bridgehead atoms. The maximum Gasteiger partial charge on any atom is 0.179 e. The molecule has 0 aromatic carbocycles. The third kappa shape index (κ3) is 6.06. The number of halogens is 1. The van der Waals surface area contributed by atoms with E-state index in [2.05, 4.69) is 60.3 Å². The Bertz CT molecular complexity index is 412. The SMILES string of the molecule is C=CCC(C)c1cn(COCC[Si](C)(C)C)c(Br)n1. The Hall–Kier alpha value is -0.393. The van der Waals surface area contributed by atoms with Crippen molar-refractivity contribution in [2.75, 3.05) is 6.61 Å². The minimum Gasteiger partial charge on any atom is -0.361 e. The molecule has 1 aromatic rings. The van der Waals surface area contributed by atoms with Crippen LogP contribution in [-0.2, 0) is 11.5 Å². The maximum absolute atomic E-state index is 5.74. The first-order valence-corrected chi connectivity index (χ1v) is 11.2. The molecule has 0 amide bonds. The van der Waals surface area contributed by atoms with Crippen molar-refractivity contribution in [3.05, 3.63) is 29.3 Å². The molecule has 1 aromatic heterocycles. The highest BCUT2D eigenvalue weighted by Crippen LogP contribution is 2.21. The molecule has 1 heterocycles. The standard InChI is InChI=1S/C14H25BrN2OSi/c1-6-7-12(2)13-10-17(14(15)16-13)11-18-8-9-19(3,4)5/h6,10,12H,1,7-9,11H2,2-5H3. The molecule has 0 aliphatic heterocycles. The molecule has 0 aliphatic rings. The molecule has 0 radical (unpaired) electrons. The van der Waals surface area contributed by atoms with Crippen molar-refractivity contribution in [2.24, 2.45) is 0 Å². The van der Waals surface area contributed by atoms with Gasteiger partial charge in [0.25, 0.3) is 0 Å². The van der Waals surface area contributed by atoms with E-state index in [1.807, 2.05) is 10.6 Å². The lowest BCUT2D eigenvalue weighted by atomic mass is 10.1. The predicted octanol–water partition coefficient (Wildman–Crippen LogP) is 4.64. The summed E-state index contributed by atoms with van der Waals surface area (Å²) >= 11 is 3.48. The molecule has 1 rings (SSSR count). The van der Waals surface area contributed by atoms with E-state index in [-0.39, 0.29) is 0 Å². The molecule has 19 heavy (non-hydrogen) atoms. The molecule has 0 spiro atoms. The molecule has 0 N–H and O–H groups in total. The van der Waals surface area contributed by atoms with Crippen molar-refractivity contribution >= 4 is 24.0 Å². The van der Waals surface area contributed by atoms with E-state index in [1.54, 1.807) is 0 Å². The highest BCUT2D eigenvalue weighted by atomic mass is 79.9. The molecule has 108 valence electrons. The van der Waals surface area contributed by atoms with Crippen LogP contribution in [0, 0.1) is 0 Å². The minimum atomic E-state index is -1.01. The molecule has 0 saturated heterocycles. The molecule has 3 nitrogen and oxygen atoms in total. The lowest BCUT2D eigenvalue weighted by Crippen LogP contribution is -2.22. The van der Waals surface area contributed by atoms with Gasteiger partial charge in [0, 0.05) is 26.8 Å². The van der Waals surface area contributed by atoms with Gasteiger partial charge in [-0.15, -0.1) is 6.58 Å². The number of allylic oxidation sites excluding steroid dienone is 1. The van der Waals surface area contributed by atoms with E-state index in [0.29, 0.717) is 12.6 Å². The van der Waals surface area contributed by atoms with Gasteiger partial charge in [-0.25, -0.2) is 4.98 Å². The van der Waals surface area contributed by atoms with E-state index < -0.39 is 8.07 Å². The first-order valence-electron chi connectivity index (χ1n) is 6.74. The van der Waals surface area contributed by atoms with Gasteiger partial charge < -0.3 is 9.30 Å². The Labute approximate surface area is 126 Å². The van der Waals surface area contributed by atoms with Gasteiger partial charge >= 0.3 is 0 Å². The van der Waals surface area contributed by atoms with Crippen molar-refractivity contribution in [2.45, 2.75) is 51.7 Å². The molecular weight excluding hydrogens is 320 g/mol. The number of ether oxygens (including phenoxy) is 1. The van der Waals surface area contributed by atoms with Crippen LogP contribution in [0.15, 0.2) is 23.6 Å². The summed E-state index contributed by atoms with van der Waals surface area (Å²) in [6, 6.07) is 1.19. The van der Waals surface area contributed by atoms with Gasteiger partial charge in [-0.3, -0.25) is 0 Å². The van der Waals surface area contributed by atoms with E-state index in [1.165, 1.54) is 6.04 Å². The van der Waals surface area contributed by atoms with Crippen LogP contribution < -0.4 is 0 Å². The van der Waals surface area contributed by atoms with Crippen LogP contribution in [0.5, 0.6) is 0 Å². The zero-order valence-corrected chi connectivity index (χ0v) is 15.0. The minimum absolute atomic E-state index is 0.400. The summed E-state index contributed by atoms with van der Waals surface area (Å²) in [5.74, 6) is 0.400. The van der Waals surface area contributed by atoms with Crippen LogP contribution in [0.2, 0.25) is 25.7 Å². The molecule has 5 heteroatoms. The fraction of sp³-hybridized carbons (Fsp3) is 0.643. The summed E-state index contributed by atoms with van der Waals surface area (Å²) in [7, 11) is -1.01. The molecule has 1 unspecified atom stereocenters. The topological polar surface area (TPSA) is 27.1 Å². The second kappa shape index (κ2) is 7.41. The van der Waals surface area contributed by atoms with E-state index in [9.17, 15) is 0 Å². The Morgan fingerprint density at radius 3 is 2.79 bits per heavy atom. The Balaban J connectivity index is 2.48. The van der Waals surface area contributed by atoms with Gasteiger partial charge in [-0.2, -0.15) is 0 Å². The number of hydrogen-bond donors (Lipinski definition) is 0. The Kier molecular flexibility index (Phi) is 6.49. The third-order valence-electron chi connectivity index (χ3n) is 3.00. The summed E-state index contributed by atoms with van der Waals surface area (Å²) in [5.41, 5.74) is 1.08. The monoisotopic (exact) mass is 344 g/mol. The molecular formula is C14H25BrN2OSi. The maximum atomic E-state index is 5.74. The smallest absolute Gasteiger partial charge is 0.179 e. The van der Waals surface area contributed by atoms with Crippen LogP contribution in [-0.4, -0.2) is 24.2 Å². The Morgan fingerprint density at radius 1 is 1.53 bits per heavy atom. The van der Waals surface area contributed by atoms with Crippen molar-refractivity contribution < 1.29 is 4.74 Å². The average molecular weight is 345 g/mol. The van der Waals surface area contributed by atoms with Crippen LogP contribution >= 0.6 is 15.9 Å². The number of rotatable bonds is 8. The average Bonchev–Trinajstić information content (AvgIpc) is 2.66. The van der Waals surface area contributed by atoms with Crippen molar-refractivity contribution in [3.63, 3.8) is 0 Å². The van der Waals surface area contributed by atoms with Gasteiger partial charge in [0.1, 0.15) is 6.73 Å². The lowest BCUT2D eigenvalue weighted by Gasteiger charge is -2.15. The van der Waals surface area contributed by atoms with Gasteiger partial charge in [-0.1, -0.05) is 32.6 Å². The van der Waals surface area contributed by atoms with Crippen LogP contribution in [0.1, 0.15) is 25.0 Å². The third-order valence-corrected chi connectivity index (χ3v) is 5.34. The predicted molar refractivity (Wildman–Crippen MR) is 87.3 cm³/mol. The zero-order chi connectivity index (χ0) is 14.5.